The van der Waals surface area contributed by atoms with E-state index in [1.54, 1.807) is 6.07 Å². The maximum atomic E-state index is 12.6. The van der Waals surface area contributed by atoms with E-state index in [2.05, 4.69) is 45.5 Å². The largest absolute Gasteiger partial charge is 0.480 e. The molecule has 34 heavy (non-hydrogen) atoms. The molecule has 0 bridgehead atoms. The number of carbonyl (C=O) groups is 3. The highest BCUT2D eigenvalue weighted by Gasteiger charge is 2.29. The van der Waals surface area contributed by atoms with E-state index >= 15 is 0 Å². The maximum absolute atomic E-state index is 12.6. The Morgan fingerprint density at radius 1 is 1.03 bits per heavy atom. The number of halogens is 1. The fraction of sp³-hybridized carbons (Fsp3) is 0.192. The van der Waals surface area contributed by atoms with Crippen molar-refractivity contribution in [2.75, 3.05) is 19.0 Å². The summed E-state index contributed by atoms with van der Waals surface area (Å²) in [6.07, 6.45) is -0.613. The number of likely N-dealkylation sites (N-methyl/N-ethyl adjacent to an activating group) is 1. The minimum Gasteiger partial charge on any atom is -0.480 e. The molecule has 0 saturated heterocycles. The first-order valence-electron chi connectivity index (χ1n) is 10.7. The van der Waals surface area contributed by atoms with Crippen molar-refractivity contribution >= 4 is 39.6 Å². The topological polar surface area (TPSA) is 95.9 Å². The van der Waals surface area contributed by atoms with Gasteiger partial charge in [0.25, 0.3) is 5.91 Å². The van der Waals surface area contributed by atoms with Gasteiger partial charge in [0.15, 0.2) is 0 Å². The summed E-state index contributed by atoms with van der Waals surface area (Å²) < 4.78 is 6.04. The van der Waals surface area contributed by atoms with Gasteiger partial charge < -0.3 is 14.7 Å². The van der Waals surface area contributed by atoms with Crippen molar-refractivity contribution in [2.24, 2.45) is 0 Å². The van der Waals surface area contributed by atoms with Crippen molar-refractivity contribution in [1.29, 1.82) is 0 Å². The van der Waals surface area contributed by atoms with Crippen molar-refractivity contribution < 1.29 is 24.2 Å². The number of amides is 2. The van der Waals surface area contributed by atoms with Crippen LogP contribution in [0.5, 0.6) is 0 Å². The normalized spacial score (nSPS) is 12.9. The van der Waals surface area contributed by atoms with Crippen LogP contribution < -0.4 is 5.32 Å². The minimum absolute atomic E-state index is 0.0478. The number of rotatable bonds is 6. The molecule has 2 N–H and O–H groups in total. The Balaban J connectivity index is 1.42. The van der Waals surface area contributed by atoms with Crippen molar-refractivity contribution in [3.05, 3.63) is 87.9 Å². The first kappa shape index (κ1) is 23.5. The van der Waals surface area contributed by atoms with Crippen LogP contribution in [0.25, 0.3) is 11.1 Å². The first-order valence-corrected chi connectivity index (χ1v) is 11.5. The Morgan fingerprint density at radius 2 is 1.62 bits per heavy atom. The second-order valence-electron chi connectivity index (χ2n) is 8.08. The van der Waals surface area contributed by atoms with Crippen LogP contribution in [0, 0.1) is 0 Å². The second-order valence-corrected chi connectivity index (χ2v) is 8.93. The number of anilines is 1. The third kappa shape index (κ3) is 4.54. The van der Waals surface area contributed by atoms with Crippen LogP contribution in [0.1, 0.15) is 34.3 Å². The summed E-state index contributed by atoms with van der Waals surface area (Å²) in [7, 11) is 1.43. The van der Waals surface area contributed by atoms with Gasteiger partial charge in [0.05, 0.1) is 5.69 Å². The molecular weight excluding hydrogens is 500 g/mol. The Kier molecular flexibility index (Phi) is 6.70. The zero-order valence-electron chi connectivity index (χ0n) is 18.6. The highest BCUT2D eigenvalue weighted by atomic mass is 79.9. The molecule has 8 heteroatoms. The van der Waals surface area contributed by atoms with Gasteiger partial charge >= 0.3 is 12.1 Å². The van der Waals surface area contributed by atoms with Gasteiger partial charge in [-0.05, 0) is 63.3 Å². The average molecular weight is 523 g/mol. The van der Waals surface area contributed by atoms with E-state index in [1.165, 1.54) is 26.1 Å². The zero-order valence-corrected chi connectivity index (χ0v) is 20.2. The predicted molar refractivity (Wildman–Crippen MR) is 132 cm³/mol. The fourth-order valence-corrected chi connectivity index (χ4v) is 4.52. The Labute approximate surface area is 205 Å². The van der Waals surface area contributed by atoms with Gasteiger partial charge in [-0.15, -0.1) is 0 Å². The lowest BCUT2D eigenvalue weighted by Gasteiger charge is -2.21. The number of fused-ring (bicyclic) bond motifs is 3. The highest BCUT2D eigenvalue weighted by Crippen LogP contribution is 2.44. The molecule has 0 aromatic heterocycles. The van der Waals surface area contributed by atoms with Crippen LogP contribution in [0.2, 0.25) is 0 Å². The van der Waals surface area contributed by atoms with E-state index in [1.807, 2.05) is 24.3 Å². The molecule has 3 aromatic carbocycles. The van der Waals surface area contributed by atoms with Crippen LogP contribution >= 0.6 is 15.9 Å². The van der Waals surface area contributed by atoms with Crippen molar-refractivity contribution in [2.45, 2.75) is 18.9 Å². The minimum atomic E-state index is -1.09. The van der Waals surface area contributed by atoms with Crippen LogP contribution in [0.15, 0.2) is 71.2 Å². The van der Waals surface area contributed by atoms with Crippen molar-refractivity contribution in [3.63, 3.8) is 0 Å². The molecular formula is C26H23BrN2O5. The van der Waals surface area contributed by atoms with Gasteiger partial charge in [-0.3, -0.25) is 10.1 Å². The summed E-state index contributed by atoms with van der Waals surface area (Å²) in [5, 5.41) is 11.8. The quantitative estimate of drug-likeness (QED) is 0.454. The summed E-state index contributed by atoms with van der Waals surface area (Å²) in [6.45, 7) is 1.62. The Hall–Kier alpha value is -3.65. The summed E-state index contributed by atoms with van der Waals surface area (Å²) >= 11 is 3.36. The molecule has 0 radical (unpaired) electrons. The summed E-state index contributed by atoms with van der Waals surface area (Å²) in [5.41, 5.74) is 5.28. The number of nitrogens with zero attached hydrogens (tertiary/aromatic N) is 1. The van der Waals surface area contributed by atoms with Gasteiger partial charge in [0.1, 0.15) is 12.6 Å². The highest BCUT2D eigenvalue weighted by molar-refractivity contribution is 9.10. The molecule has 1 aliphatic rings. The zero-order chi connectivity index (χ0) is 24.4. The van der Waals surface area contributed by atoms with E-state index < -0.39 is 24.0 Å². The number of hydrogen-bond acceptors (Lipinski definition) is 4. The summed E-state index contributed by atoms with van der Waals surface area (Å²) in [6, 6.07) is 19.9. The standard InChI is InChI=1S/C26H23BrN2O5/c1-15(25(31)32)29(2)24(30)16-11-12-23(22(27)13-16)28-26(33)34-14-21-19-9-5-3-7-17(19)18-8-4-6-10-20(18)21/h3-13,15,21H,14H2,1-2H3,(H,28,33)(H,31,32). The number of hydrogen-bond donors (Lipinski definition) is 2. The third-order valence-corrected chi connectivity index (χ3v) is 6.71. The molecule has 0 heterocycles. The van der Waals surface area contributed by atoms with Gasteiger partial charge in [0, 0.05) is 23.0 Å². The van der Waals surface area contributed by atoms with Crippen LogP contribution in [0.3, 0.4) is 0 Å². The van der Waals surface area contributed by atoms with E-state index in [0.29, 0.717) is 15.7 Å². The van der Waals surface area contributed by atoms with E-state index in [-0.39, 0.29) is 12.5 Å². The smallest absolute Gasteiger partial charge is 0.411 e. The van der Waals surface area contributed by atoms with E-state index in [0.717, 1.165) is 27.2 Å². The monoisotopic (exact) mass is 522 g/mol. The molecule has 0 spiro atoms. The van der Waals surface area contributed by atoms with E-state index in [4.69, 9.17) is 9.84 Å². The van der Waals surface area contributed by atoms with Crippen LogP contribution in [0.4, 0.5) is 10.5 Å². The number of aliphatic carboxylic acids is 1. The number of nitrogens with one attached hydrogen (secondary N) is 1. The Morgan fingerprint density at radius 3 is 2.18 bits per heavy atom. The molecule has 2 amide bonds. The molecule has 1 atom stereocenters. The van der Waals surface area contributed by atoms with Gasteiger partial charge in [-0.1, -0.05) is 48.5 Å². The SMILES string of the molecule is CC(C(=O)O)N(C)C(=O)c1ccc(NC(=O)OCC2c3ccccc3-c3ccccc32)c(Br)c1. The maximum Gasteiger partial charge on any atom is 0.411 e. The Bertz CT molecular complexity index is 1230. The number of carboxylic acids is 1. The fourth-order valence-electron chi connectivity index (χ4n) is 4.04. The summed E-state index contributed by atoms with van der Waals surface area (Å²) in [5.74, 6) is -1.58. The molecule has 0 saturated carbocycles. The first-order chi connectivity index (χ1) is 16.3. The molecule has 1 aliphatic carbocycles. The molecule has 4 rings (SSSR count). The summed E-state index contributed by atoms with van der Waals surface area (Å²) in [4.78, 5) is 37.4. The van der Waals surface area contributed by atoms with Crippen LogP contribution in [-0.2, 0) is 9.53 Å². The molecule has 3 aromatic rings. The number of carboxylic acid groups (broad SMARTS) is 1. The predicted octanol–water partition coefficient (Wildman–Crippen LogP) is 5.36. The third-order valence-electron chi connectivity index (χ3n) is 6.06. The number of benzene rings is 3. The lowest BCUT2D eigenvalue weighted by atomic mass is 9.98. The number of ether oxygens (including phenoxy) is 1. The lowest BCUT2D eigenvalue weighted by molar-refractivity contribution is -0.141. The van der Waals surface area contributed by atoms with E-state index in [9.17, 15) is 14.4 Å². The average Bonchev–Trinajstić information content (AvgIpc) is 3.16. The molecule has 0 aliphatic heterocycles. The number of carbonyl (C=O) groups excluding carboxylic acids is 2. The van der Waals surface area contributed by atoms with Crippen molar-refractivity contribution in [3.8, 4) is 11.1 Å². The van der Waals surface area contributed by atoms with Crippen molar-refractivity contribution in [1.82, 2.24) is 4.90 Å². The molecule has 7 nitrogen and oxygen atoms in total. The van der Waals surface area contributed by atoms with Gasteiger partial charge in [-0.25, -0.2) is 9.59 Å². The molecule has 1 unspecified atom stereocenters. The molecule has 174 valence electrons. The van der Waals surface area contributed by atoms with Gasteiger partial charge in [-0.2, -0.15) is 0 Å². The molecule has 0 fully saturated rings. The van der Waals surface area contributed by atoms with Crippen LogP contribution in [-0.4, -0.2) is 47.7 Å². The lowest BCUT2D eigenvalue weighted by Crippen LogP contribution is -2.40. The van der Waals surface area contributed by atoms with Gasteiger partial charge in [0.2, 0.25) is 0 Å². The second kappa shape index (κ2) is 9.69.